The summed E-state index contributed by atoms with van der Waals surface area (Å²) in [5.41, 5.74) is 1.31. The van der Waals surface area contributed by atoms with E-state index >= 15 is 0 Å². The molecule has 0 aromatic heterocycles. The number of rotatable bonds is 3. The highest BCUT2D eigenvalue weighted by molar-refractivity contribution is 7.93. The molecule has 1 aliphatic heterocycles. The van der Waals surface area contributed by atoms with E-state index in [0.29, 0.717) is 16.1 Å². The standard InChI is InChI=1S/C17H12N2O4S/c20-19(21)14-9-7-12(8-10-14)11-18-15-5-1-3-13-4-2-6-16(17(13)15)24(18,22)23/h1-10H,11H2. The van der Waals surface area contributed by atoms with Crippen molar-refractivity contribution in [1.29, 1.82) is 0 Å². The zero-order chi connectivity index (χ0) is 16.9. The quantitative estimate of drug-likeness (QED) is 0.540. The van der Waals surface area contributed by atoms with Crippen molar-refractivity contribution in [3.63, 3.8) is 0 Å². The van der Waals surface area contributed by atoms with Crippen LogP contribution in [-0.4, -0.2) is 13.3 Å². The predicted molar refractivity (Wildman–Crippen MR) is 90.4 cm³/mol. The van der Waals surface area contributed by atoms with Gasteiger partial charge in [-0.25, -0.2) is 8.42 Å². The summed E-state index contributed by atoms with van der Waals surface area (Å²) in [5, 5.41) is 12.3. The van der Waals surface area contributed by atoms with E-state index in [1.807, 2.05) is 18.2 Å². The van der Waals surface area contributed by atoms with Gasteiger partial charge in [0.05, 0.1) is 22.1 Å². The van der Waals surface area contributed by atoms with Crippen LogP contribution in [-0.2, 0) is 16.6 Å². The molecule has 0 fully saturated rings. The predicted octanol–water partition coefficient (Wildman–Crippen LogP) is 3.46. The van der Waals surface area contributed by atoms with Crippen molar-refractivity contribution in [2.24, 2.45) is 0 Å². The van der Waals surface area contributed by atoms with Gasteiger partial charge in [0, 0.05) is 17.5 Å². The summed E-state index contributed by atoms with van der Waals surface area (Å²) in [6.45, 7) is 0.133. The highest BCUT2D eigenvalue weighted by Gasteiger charge is 2.35. The summed E-state index contributed by atoms with van der Waals surface area (Å²) >= 11 is 0. The van der Waals surface area contributed by atoms with Crippen LogP contribution in [0.2, 0.25) is 0 Å². The van der Waals surface area contributed by atoms with E-state index in [1.165, 1.54) is 16.4 Å². The monoisotopic (exact) mass is 340 g/mol. The Hall–Kier alpha value is -2.93. The van der Waals surface area contributed by atoms with Crippen molar-refractivity contribution >= 4 is 32.2 Å². The average Bonchev–Trinajstić information content (AvgIpc) is 2.79. The summed E-state index contributed by atoms with van der Waals surface area (Å²) in [5.74, 6) is 0. The van der Waals surface area contributed by atoms with Gasteiger partial charge < -0.3 is 0 Å². The summed E-state index contributed by atoms with van der Waals surface area (Å²) in [6.07, 6.45) is 0. The SMILES string of the molecule is O=[N+]([O-])c1ccc(CN2c3cccc4cccc(c34)S2(=O)=O)cc1. The van der Waals surface area contributed by atoms with Gasteiger partial charge in [-0.2, -0.15) is 0 Å². The maximum Gasteiger partial charge on any atom is 0.269 e. The fourth-order valence-electron chi connectivity index (χ4n) is 3.02. The lowest BCUT2D eigenvalue weighted by Crippen LogP contribution is -2.26. The van der Waals surface area contributed by atoms with Crippen LogP contribution >= 0.6 is 0 Å². The molecule has 0 spiro atoms. The van der Waals surface area contributed by atoms with Crippen LogP contribution in [0.15, 0.2) is 65.6 Å². The topological polar surface area (TPSA) is 80.5 Å². The summed E-state index contributed by atoms with van der Waals surface area (Å²) in [4.78, 5) is 10.6. The van der Waals surface area contributed by atoms with Crippen molar-refractivity contribution in [2.75, 3.05) is 4.31 Å². The summed E-state index contributed by atoms with van der Waals surface area (Å²) < 4.78 is 27.1. The molecule has 0 saturated carbocycles. The first-order valence-corrected chi connectivity index (χ1v) is 8.70. The molecule has 3 aromatic rings. The second-order valence-electron chi connectivity index (χ2n) is 5.57. The van der Waals surface area contributed by atoms with Gasteiger partial charge in [-0.1, -0.05) is 36.4 Å². The molecule has 0 radical (unpaired) electrons. The molecule has 4 rings (SSSR count). The van der Waals surface area contributed by atoms with Crippen LogP contribution in [0.4, 0.5) is 11.4 Å². The molecule has 0 amide bonds. The lowest BCUT2D eigenvalue weighted by molar-refractivity contribution is -0.384. The van der Waals surface area contributed by atoms with Crippen LogP contribution in [0, 0.1) is 10.1 Å². The van der Waals surface area contributed by atoms with Crippen LogP contribution < -0.4 is 4.31 Å². The molecule has 0 atom stereocenters. The molecular weight excluding hydrogens is 328 g/mol. The van der Waals surface area contributed by atoms with Crippen molar-refractivity contribution < 1.29 is 13.3 Å². The van der Waals surface area contributed by atoms with Crippen LogP contribution in [0.5, 0.6) is 0 Å². The summed E-state index contributed by atoms with van der Waals surface area (Å²) in [6, 6.07) is 16.6. The van der Waals surface area contributed by atoms with Crippen molar-refractivity contribution in [3.05, 3.63) is 76.3 Å². The average molecular weight is 340 g/mol. The number of nitro groups is 1. The zero-order valence-electron chi connectivity index (χ0n) is 12.4. The zero-order valence-corrected chi connectivity index (χ0v) is 13.2. The number of hydrogen-bond acceptors (Lipinski definition) is 4. The van der Waals surface area contributed by atoms with Crippen LogP contribution in [0.3, 0.4) is 0 Å². The van der Waals surface area contributed by atoms with Gasteiger partial charge in [-0.05, 0) is 23.1 Å². The maximum absolute atomic E-state index is 12.9. The minimum Gasteiger partial charge on any atom is -0.261 e. The minimum absolute atomic E-state index is 0.0200. The van der Waals surface area contributed by atoms with E-state index in [-0.39, 0.29) is 12.2 Å². The Balaban J connectivity index is 1.80. The van der Waals surface area contributed by atoms with Gasteiger partial charge in [0.1, 0.15) is 0 Å². The van der Waals surface area contributed by atoms with Gasteiger partial charge in [0.15, 0.2) is 0 Å². The van der Waals surface area contributed by atoms with Crippen LogP contribution in [0.25, 0.3) is 10.8 Å². The Labute approximate surface area is 138 Å². The smallest absolute Gasteiger partial charge is 0.261 e. The second kappa shape index (κ2) is 5.04. The van der Waals surface area contributed by atoms with E-state index in [0.717, 1.165) is 10.8 Å². The number of benzene rings is 3. The Morgan fingerprint density at radius 3 is 2.29 bits per heavy atom. The Bertz CT molecular complexity index is 1070. The molecule has 0 saturated heterocycles. The first-order valence-electron chi connectivity index (χ1n) is 7.26. The first-order chi connectivity index (χ1) is 11.5. The lowest BCUT2D eigenvalue weighted by Gasteiger charge is -2.18. The van der Waals surface area contributed by atoms with Gasteiger partial charge in [-0.15, -0.1) is 0 Å². The molecule has 6 nitrogen and oxygen atoms in total. The lowest BCUT2D eigenvalue weighted by atomic mass is 10.1. The Morgan fingerprint density at radius 2 is 1.62 bits per heavy atom. The third-order valence-corrected chi connectivity index (χ3v) is 5.96. The van der Waals surface area contributed by atoms with Gasteiger partial charge in [0.2, 0.25) is 0 Å². The molecular formula is C17H12N2O4S. The van der Waals surface area contributed by atoms with Crippen molar-refractivity contribution in [3.8, 4) is 0 Å². The number of hydrogen-bond donors (Lipinski definition) is 0. The number of nitro benzene ring substituents is 1. The normalized spacial score (nSPS) is 14.9. The van der Waals surface area contributed by atoms with E-state index in [4.69, 9.17) is 0 Å². The van der Waals surface area contributed by atoms with Gasteiger partial charge in [0.25, 0.3) is 15.7 Å². The third-order valence-electron chi connectivity index (χ3n) is 4.15. The molecule has 0 bridgehead atoms. The Kier molecular flexibility index (Phi) is 3.07. The minimum atomic E-state index is -3.62. The van der Waals surface area contributed by atoms with E-state index in [1.54, 1.807) is 30.3 Å². The molecule has 1 heterocycles. The molecule has 0 N–H and O–H groups in total. The molecule has 120 valence electrons. The number of nitrogens with zero attached hydrogens (tertiary/aromatic N) is 2. The maximum atomic E-state index is 12.9. The molecule has 24 heavy (non-hydrogen) atoms. The second-order valence-corrected chi connectivity index (χ2v) is 7.40. The summed E-state index contributed by atoms with van der Waals surface area (Å²) in [7, 11) is -3.62. The Morgan fingerprint density at radius 1 is 0.958 bits per heavy atom. The number of sulfonamides is 1. The van der Waals surface area contributed by atoms with Crippen molar-refractivity contribution in [2.45, 2.75) is 11.4 Å². The number of non-ortho nitro benzene ring substituents is 1. The van der Waals surface area contributed by atoms with Gasteiger partial charge >= 0.3 is 0 Å². The molecule has 0 aliphatic carbocycles. The first kappa shape index (κ1) is 14.6. The molecule has 0 unspecified atom stereocenters. The highest BCUT2D eigenvalue weighted by atomic mass is 32.2. The molecule has 3 aromatic carbocycles. The number of anilines is 1. The fraction of sp³-hybridized carbons (Fsp3) is 0.0588. The molecule has 1 aliphatic rings. The largest absolute Gasteiger partial charge is 0.269 e. The highest BCUT2D eigenvalue weighted by Crippen LogP contribution is 2.42. The van der Waals surface area contributed by atoms with Crippen molar-refractivity contribution in [1.82, 2.24) is 0 Å². The third kappa shape index (κ3) is 2.05. The van der Waals surface area contributed by atoms with E-state index < -0.39 is 14.9 Å². The fourth-order valence-corrected chi connectivity index (χ4v) is 4.72. The van der Waals surface area contributed by atoms with Gasteiger partial charge in [-0.3, -0.25) is 14.4 Å². The van der Waals surface area contributed by atoms with E-state index in [9.17, 15) is 18.5 Å². The van der Waals surface area contributed by atoms with E-state index in [2.05, 4.69) is 0 Å². The van der Waals surface area contributed by atoms with Crippen LogP contribution in [0.1, 0.15) is 5.56 Å². The molecule has 7 heteroatoms.